The van der Waals surface area contributed by atoms with Crippen molar-refractivity contribution in [2.75, 3.05) is 0 Å². The molecule has 1 aliphatic carbocycles. The van der Waals surface area contributed by atoms with Gasteiger partial charge in [-0.2, -0.15) is 5.26 Å². The fourth-order valence-electron chi connectivity index (χ4n) is 5.10. The molecule has 2 heterocycles. The molecule has 5 rings (SSSR count). The minimum Gasteiger partial charge on any atom is -0.295 e. The maximum absolute atomic E-state index is 13.8. The van der Waals surface area contributed by atoms with Crippen LogP contribution in [0.4, 0.5) is 4.39 Å². The van der Waals surface area contributed by atoms with E-state index in [2.05, 4.69) is 23.1 Å². The number of nitrogens with one attached hydrogen (secondary N) is 1. The van der Waals surface area contributed by atoms with Crippen molar-refractivity contribution in [3.8, 4) is 6.07 Å². The number of hydrogen-bond donors (Lipinski definition) is 1. The number of H-pyrrole nitrogens is 1. The molecule has 2 aromatic carbocycles. The molecule has 156 valence electrons. The Morgan fingerprint density at radius 3 is 2.71 bits per heavy atom. The van der Waals surface area contributed by atoms with Gasteiger partial charge >= 0.3 is 0 Å². The topological polar surface area (TPSA) is 74.5 Å². The lowest BCUT2D eigenvalue weighted by atomic mass is 9.75. The predicted molar refractivity (Wildman–Crippen MR) is 118 cm³/mol. The first kappa shape index (κ1) is 19.5. The Morgan fingerprint density at radius 2 is 1.94 bits per heavy atom. The summed E-state index contributed by atoms with van der Waals surface area (Å²) in [5.74, 6) is 0.512. The lowest BCUT2D eigenvalue weighted by Crippen LogP contribution is -2.28. The van der Waals surface area contributed by atoms with Crippen LogP contribution in [0.5, 0.6) is 0 Å². The standard InChI is InChI=1S/C25H23FN4O/c1-15(30-25(31)22-12-16(14-27)2-8-24(22)29-30)17-3-5-18(6-4-17)20-10-11-28-23-9-7-19(26)13-21(20)23/h2,7-13,15,17-18,29H,3-6H2,1H3. The van der Waals surface area contributed by atoms with Crippen LogP contribution < -0.4 is 5.56 Å². The second-order valence-corrected chi connectivity index (χ2v) is 8.57. The van der Waals surface area contributed by atoms with Gasteiger partial charge in [0.2, 0.25) is 0 Å². The van der Waals surface area contributed by atoms with E-state index in [0.29, 0.717) is 22.8 Å². The molecular weight excluding hydrogens is 391 g/mol. The molecule has 5 nitrogen and oxygen atoms in total. The summed E-state index contributed by atoms with van der Waals surface area (Å²) in [6.45, 7) is 2.09. The third kappa shape index (κ3) is 3.40. The third-order valence-corrected chi connectivity index (χ3v) is 6.88. The molecule has 1 saturated carbocycles. The fraction of sp³-hybridized carbons (Fsp3) is 0.320. The predicted octanol–water partition coefficient (Wildman–Crippen LogP) is 5.42. The van der Waals surface area contributed by atoms with E-state index in [1.54, 1.807) is 35.0 Å². The van der Waals surface area contributed by atoms with Gasteiger partial charge < -0.3 is 0 Å². The summed E-state index contributed by atoms with van der Waals surface area (Å²) in [5.41, 5.74) is 3.18. The number of nitrogens with zero attached hydrogens (tertiary/aromatic N) is 3. The first-order valence-corrected chi connectivity index (χ1v) is 10.7. The van der Waals surface area contributed by atoms with Crippen molar-refractivity contribution in [2.45, 2.75) is 44.6 Å². The van der Waals surface area contributed by atoms with Crippen LogP contribution in [-0.2, 0) is 0 Å². The van der Waals surface area contributed by atoms with Crippen LogP contribution in [0.25, 0.3) is 21.8 Å². The van der Waals surface area contributed by atoms with E-state index in [1.165, 1.54) is 11.6 Å². The highest BCUT2D eigenvalue weighted by molar-refractivity contribution is 5.82. The molecule has 1 atom stereocenters. The van der Waals surface area contributed by atoms with Crippen LogP contribution >= 0.6 is 0 Å². The molecule has 0 amide bonds. The van der Waals surface area contributed by atoms with Crippen molar-refractivity contribution >= 4 is 21.8 Å². The Bertz CT molecular complexity index is 1370. The van der Waals surface area contributed by atoms with Gasteiger partial charge in [-0.25, -0.2) is 9.07 Å². The summed E-state index contributed by atoms with van der Waals surface area (Å²) < 4.78 is 15.5. The number of halogens is 1. The lowest BCUT2D eigenvalue weighted by Gasteiger charge is -2.33. The molecule has 4 aromatic rings. The Labute approximate surface area is 179 Å². The third-order valence-electron chi connectivity index (χ3n) is 6.88. The first-order valence-electron chi connectivity index (χ1n) is 10.7. The molecular formula is C25H23FN4O. The molecule has 1 N–H and O–H groups in total. The van der Waals surface area contributed by atoms with E-state index in [0.717, 1.165) is 42.1 Å². The number of pyridine rings is 1. The van der Waals surface area contributed by atoms with Gasteiger partial charge in [-0.05, 0) is 92.5 Å². The summed E-state index contributed by atoms with van der Waals surface area (Å²) in [6.07, 6.45) is 5.80. The summed E-state index contributed by atoms with van der Waals surface area (Å²) in [6, 6.07) is 14.1. The Hall–Kier alpha value is -3.46. The quantitative estimate of drug-likeness (QED) is 0.486. The van der Waals surface area contributed by atoms with Crippen molar-refractivity contribution in [1.29, 1.82) is 5.26 Å². The number of nitriles is 1. The zero-order chi connectivity index (χ0) is 21.5. The average molecular weight is 414 g/mol. The van der Waals surface area contributed by atoms with Crippen molar-refractivity contribution in [2.24, 2.45) is 5.92 Å². The van der Waals surface area contributed by atoms with Crippen molar-refractivity contribution in [1.82, 2.24) is 14.8 Å². The van der Waals surface area contributed by atoms with E-state index in [4.69, 9.17) is 5.26 Å². The van der Waals surface area contributed by atoms with E-state index in [1.807, 2.05) is 12.3 Å². The number of aromatic amines is 1. The maximum atomic E-state index is 13.8. The largest absolute Gasteiger partial charge is 0.295 e. The van der Waals surface area contributed by atoms with E-state index in [9.17, 15) is 9.18 Å². The Kier molecular flexibility index (Phi) is 4.82. The number of fused-ring (bicyclic) bond motifs is 2. The second-order valence-electron chi connectivity index (χ2n) is 8.57. The Morgan fingerprint density at radius 1 is 1.13 bits per heavy atom. The smallest absolute Gasteiger partial charge is 0.274 e. The SMILES string of the molecule is CC(C1CCC(c2ccnc3ccc(F)cc23)CC1)n1[nH]c2ccc(C#N)cc2c1=O. The Balaban J connectivity index is 1.37. The average Bonchev–Trinajstić information content (AvgIpc) is 3.14. The van der Waals surface area contributed by atoms with Gasteiger partial charge in [0.15, 0.2) is 0 Å². The maximum Gasteiger partial charge on any atom is 0.274 e. The summed E-state index contributed by atoms with van der Waals surface area (Å²) in [4.78, 5) is 17.3. The zero-order valence-electron chi connectivity index (χ0n) is 17.3. The highest BCUT2D eigenvalue weighted by Crippen LogP contribution is 2.41. The minimum absolute atomic E-state index is 0.0398. The molecule has 0 saturated heterocycles. The fourth-order valence-corrected chi connectivity index (χ4v) is 5.10. The molecule has 0 aliphatic heterocycles. The lowest BCUT2D eigenvalue weighted by molar-refractivity contribution is 0.233. The van der Waals surface area contributed by atoms with Crippen molar-refractivity contribution in [3.63, 3.8) is 0 Å². The number of benzene rings is 2. The normalized spacial score (nSPS) is 20.0. The highest BCUT2D eigenvalue weighted by Gasteiger charge is 2.29. The van der Waals surface area contributed by atoms with Crippen LogP contribution in [0, 0.1) is 23.1 Å². The first-order chi connectivity index (χ1) is 15.0. The van der Waals surface area contributed by atoms with Crippen LogP contribution in [-0.4, -0.2) is 14.8 Å². The number of rotatable bonds is 3. The van der Waals surface area contributed by atoms with Gasteiger partial charge in [0.25, 0.3) is 5.56 Å². The van der Waals surface area contributed by atoms with Gasteiger partial charge in [0.1, 0.15) is 5.82 Å². The van der Waals surface area contributed by atoms with E-state index in [-0.39, 0.29) is 17.4 Å². The highest BCUT2D eigenvalue weighted by atomic mass is 19.1. The van der Waals surface area contributed by atoms with Gasteiger partial charge in [-0.3, -0.25) is 14.9 Å². The zero-order valence-corrected chi connectivity index (χ0v) is 17.3. The summed E-state index contributed by atoms with van der Waals surface area (Å²) >= 11 is 0. The van der Waals surface area contributed by atoms with Crippen molar-refractivity contribution < 1.29 is 4.39 Å². The molecule has 1 fully saturated rings. The van der Waals surface area contributed by atoms with Crippen LogP contribution in [0.3, 0.4) is 0 Å². The monoisotopic (exact) mass is 414 g/mol. The number of aromatic nitrogens is 3. The summed E-state index contributed by atoms with van der Waals surface area (Å²) in [7, 11) is 0. The van der Waals surface area contributed by atoms with E-state index >= 15 is 0 Å². The number of hydrogen-bond acceptors (Lipinski definition) is 3. The molecule has 0 spiro atoms. The molecule has 6 heteroatoms. The molecule has 31 heavy (non-hydrogen) atoms. The van der Waals surface area contributed by atoms with Gasteiger partial charge in [0.05, 0.1) is 34.1 Å². The van der Waals surface area contributed by atoms with Gasteiger partial charge in [-0.15, -0.1) is 0 Å². The van der Waals surface area contributed by atoms with Crippen LogP contribution in [0.15, 0.2) is 53.5 Å². The molecule has 0 radical (unpaired) electrons. The van der Waals surface area contributed by atoms with Crippen LogP contribution in [0.2, 0.25) is 0 Å². The van der Waals surface area contributed by atoms with Gasteiger partial charge in [0, 0.05) is 11.6 Å². The van der Waals surface area contributed by atoms with Gasteiger partial charge in [-0.1, -0.05) is 0 Å². The molecule has 1 aliphatic rings. The second kappa shape index (κ2) is 7.66. The van der Waals surface area contributed by atoms with Crippen LogP contribution in [0.1, 0.15) is 55.7 Å². The molecule has 1 unspecified atom stereocenters. The summed E-state index contributed by atoms with van der Waals surface area (Å²) in [5, 5.41) is 13.8. The molecule has 2 aromatic heterocycles. The molecule has 0 bridgehead atoms. The van der Waals surface area contributed by atoms with E-state index < -0.39 is 0 Å². The van der Waals surface area contributed by atoms with Crippen molar-refractivity contribution in [3.05, 3.63) is 76.0 Å². The minimum atomic E-state index is -0.234.